The number of carbonyl (C=O) groups excluding carboxylic acids is 2. The summed E-state index contributed by atoms with van der Waals surface area (Å²) in [6, 6.07) is 6.86. The minimum Gasteiger partial charge on any atom is -0.492 e. The lowest BCUT2D eigenvalue weighted by Gasteiger charge is -2.47. The fourth-order valence-corrected chi connectivity index (χ4v) is 8.88. The zero-order valence-electron chi connectivity index (χ0n) is 25.0. The summed E-state index contributed by atoms with van der Waals surface area (Å²) in [7, 11) is 2.33. The molecule has 1 aromatic carbocycles. The van der Waals surface area contributed by atoms with Crippen molar-refractivity contribution in [3.05, 3.63) is 70.9 Å². The number of rotatable bonds is 7. The minimum atomic E-state index is -5.06. The van der Waals surface area contributed by atoms with Gasteiger partial charge in [-0.3, -0.25) is 4.90 Å². The van der Waals surface area contributed by atoms with Crippen LogP contribution in [0.25, 0.3) is 0 Å². The summed E-state index contributed by atoms with van der Waals surface area (Å²) in [5.41, 5.74) is -3.84. The van der Waals surface area contributed by atoms with Crippen molar-refractivity contribution < 1.29 is 51.2 Å². The fourth-order valence-electron chi connectivity index (χ4n) is 8.88. The molecule has 0 aromatic heterocycles. The van der Waals surface area contributed by atoms with Crippen molar-refractivity contribution in [2.75, 3.05) is 20.8 Å². The Bertz CT molecular complexity index is 1510. The first kappa shape index (κ1) is 29.4. The molecule has 5 saturated heterocycles. The van der Waals surface area contributed by atoms with Gasteiger partial charge in [0.25, 0.3) is 5.60 Å². The molecule has 6 aliphatic rings. The summed E-state index contributed by atoms with van der Waals surface area (Å²) >= 11 is 0. The van der Waals surface area contributed by atoms with Gasteiger partial charge < -0.3 is 28.4 Å². The molecule has 5 bridgehead atoms. The number of carbonyl (C=O) groups is 2. The number of ether oxygens (including phenoxy) is 6. The lowest BCUT2D eigenvalue weighted by Crippen LogP contribution is -2.60. The minimum absolute atomic E-state index is 0.0225. The Balaban J connectivity index is 1.18. The van der Waals surface area contributed by atoms with Gasteiger partial charge in [-0.25, -0.2) is 9.59 Å². The van der Waals surface area contributed by atoms with E-state index >= 15 is 0 Å². The van der Waals surface area contributed by atoms with Crippen molar-refractivity contribution in [3.63, 3.8) is 0 Å². The number of nitrogens with zero attached hydrogens (tertiary/aromatic N) is 1. The summed E-state index contributed by atoms with van der Waals surface area (Å²) in [6.07, 6.45) is -1.20. The monoisotopic (exact) mass is 617 g/mol. The predicted molar refractivity (Wildman–Crippen MR) is 146 cm³/mol. The maximum Gasteiger partial charge on any atom is 0.432 e. The molecule has 236 valence electrons. The largest absolute Gasteiger partial charge is 0.492 e. The van der Waals surface area contributed by atoms with Crippen molar-refractivity contribution in [1.82, 2.24) is 4.90 Å². The number of fused-ring (bicyclic) bond motifs is 1. The third-order valence-corrected chi connectivity index (χ3v) is 10.6. The highest BCUT2D eigenvalue weighted by molar-refractivity contribution is 5.93. The molecule has 1 unspecified atom stereocenters. The lowest BCUT2D eigenvalue weighted by molar-refractivity contribution is -0.277. The Morgan fingerprint density at radius 1 is 1.20 bits per heavy atom. The van der Waals surface area contributed by atoms with Gasteiger partial charge in [-0.2, -0.15) is 13.2 Å². The summed E-state index contributed by atoms with van der Waals surface area (Å²) in [4.78, 5) is 28.0. The first-order valence-electron chi connectivity index (χ1n) is 14.8. The van der Waals surface area contributed by atoms with Crippen LogP contribution in [0.2, 0.25) is 0 Å². The van der Waals surface area contributed by atoms with E-state index in [0.29, 0.717) is 17.1 Å². The van der Waals surface area contributed by atoms with E-state index in [1.54, 1.807) is 19.1 Å². The van der Waals surface area contributed by atoms with Crippen molar-refractivity contribution in [3.8, 4) is 0 Å². The molecule has 9 nitrogen and oxygen atoms in total. The second kappa shape index (κ2) is 9.58. The van der Waals surface area contributed by atoms with Gasteiger partial charge in [0.2, 0.25) is 11.5 Å². The lowest BCUT2D eigenvalue weighted by atomic mass is 9.71. The fraction of sp³-hybridized carbons (Fsp3) is 0.562. The number of cyclic esters (lactones) is 1. The van der Waals surface area contributed by atoms with E-state index in [-0.39, 0.29) is 41.2 Å². The van der Waals surface area contributed by atoms with Crippen LogP contribution in [0.5, 0.6) is 0 Å². The molecular formula is C32H34F3NO8. The zero-order chi connectivity index (χ0) is 31.4. The second-order valence-electron chi connectivity index (χ2n) is 12.4. The summed E-state index contributed by atoms with van der Waals surface area (Å²) < 4.78 is 78.1. The van der Waals surface area contributed by atoms with Crippen LogP contribution in [0.1, 0.15) is 39.2 Å². The Morgan fingerprint density at radius 2 is 1.93 bits per heavy atom. The Hall–Kier alpha value is -3.35. The van der Waals surface area contributed by atoms with E-state index in [1.165, 1.54) is 38.3 Å². The number of methoxy groups -OCH3 is 2. The molecule has 10 atom stereocenters. The molecule has 1 spiro atoms. The van der Waals surface area contributed by atoms with Crippen molar-refractivity contribution in [2.24, 2.45) is 17.8 Å². The van der Waals surface area contributed by atoms with Crippen LogP contribution < -0.4 is 0 Å². The number of hydrogen-bond donors (Lipinski definition) is 0. The number of benzene rings is 1. The highest BCUT2D eigenvalue weighted by Gasteiger charge is 2.84. The molecule has 0 radical (unpaired) electrons. The van der Waals surface area contributed by atoms with Gasteiger partial charge in [-0.15, -0.1) is 0 Å². The second-order valence-corrected chi connectivity index (χ2v) is 12.4. The maximum absolute atomic E-state index is 14.4. The van der Waals surface area contributed by atoms with Crippen molar-refractivity contribution >= 4 is 11.9 Å². The van der Waals surface area contributed by atoms with E-state index in [4.69, 9.17) is 28.4 Å². The summed E-state index contributed by atoms with van der Waals surface area (Å²) in [5, 5.41) is 0. The zero-order valence-corrected chi connectivity index (χ0v) is 25.0. The standard InChI is InChI=1S/C32H34F3NO8/c1-16(41-28(38)30(40-5,32(33,34)35)19-9-7-6-8-10-19)11-13-29-21-12-14-36(29)20-15-22(29)43-31(21)23(20)17(2)25(44-31)26-24(39-4)18(3)27(37)42-26/h6-11,13,16-17,20-23H,12,14-15H2,1-5H3/b13-11+,26-25-/t16-,17+,20+,21+,22+,23-,29-,30-,31-/m1/s1. The first-order chi connectivity index (χ1) is 20.9. The highest BCUT2D eigenvalue weighted by atomic mass is 19.4. The molecular weight excluding hydrogens is 583 g/mol. The molecule has 12 heteroatoms. The smallest absolute Gasteiger partial charge is 0.432 e. The van der Waals surface area contributed by atoms with Crippen LogP contribution in [0, 0.1) is 17.8 Å². The Labute approximate surface area is 252 Å². The van der Waals surface area contributed by atoms with Crippen LogP contribution in [0.3, 0.4) is 0 Å². The van der Waals surface area contributed by atoms with Crippen LogP contribution in [-0.4, -0.2) is 73.4 Å². The number of esters is 2. The molecule has 0 amide bonds. The van der Waals surface area contributed by atoms with Crippen molar-refractivity contribution in [2.45, 2.75) is 75.0 Å². The van der Waals surface area contributed by atoms with Gasteiger partial charge in [-0.05, 0) is 32.8 Å². The Morgan fingerprint density at radius 3 is 2.59 bits per heavy atom. The van der Waals surface area contributed by atoms with Gasteiger partial charge in [0.1, 0.15) is 11.9 Å². The normalized spacial score (nSPS) is 40.3. The average Bonchev–Trinajstić information content (AvgIpc) is 3.70. The molecule has 7 rings (SSSR count). The van der Waals surface area contributed by atoms with E-state index in [1.807, 2.05) is 13.0 Å². The topological polar surface area (TPSA) is 92.8 Å². The van der Waals surface area contributed by atoms with E-state index < -0.39 is 41.1 Å². The van der Waals surface area contributed by atoms with Crippen LogP contribution in [0.15, 0.2) is 65.3 Å². The van der Waals surface area contributed by atoms with Crippen LogP contribution in [-0.2, 0) is 43.6 Å². The van der Waals surface area contributed by atoms with E-state index in [2.05, 4.69) is 4.90 Å². The molecule has 44 heavy (non-hydrogen) atoms. The number of allylic oxidation sites excluding steroid dienone is 1. The SMILES string of the molecule is COC1=C(C)C(=O)O/C1=C1\O[C@@]23O[C@H]4C[C@@H]([C@H]2[C@@H]1C)N1CC[C@H]3[C@]41/C=C/[C@@H](C)OC(=O)[C@](OC)(c1ccccc1)C(F)(F)F. The quantitative estimate of drug-likeness (QED) is 0.324. The molecule has 0 saturated carbocycles. The summed E-state index contributed by atoms with van der Waals surface area (Å²) in [5.74, 6) is -2.06. The third-order valence-electron chi connectivity index (χ3n) is 10.6. The molecule has 0 aliphatic carbocycles. The first-order valence-corrected chi connectivity index (χ1v) is 14.8. The molecule has 6 aliphatic heterocycles. The number of hydrogen-bond acceptors (Lipinski definition) is 9. The van der Waals surface area contributed by atoms with Crippen molar-refractivity contribution in [1.29, 1.82) is 0 Å². The molecule has 5 fully saturated rings. The van der Waals surface area contributed by atoms with Gasteiger partial charge >= 0.3 is 18.1 Å². The van der Waals surface area contributed by atoms with Gasteiger partial charge in [0.05, 0.1) is 36.2 Å². The molecule has 6 heterocycles. The Kier molecular flexibility index (Phi) is 6.39. The highest BCUT2D eigenvalue weighted by Crippen LogP contribution is 2.72. The average molecular weight is 618 g/mol. The van der Waals surface area contributed by atoms with E-state index in [9.17, 15) is 22.8 Å². The molecule has 0 N–H and O–H groups in total. The van der Waals surface area contributed by atoms with Crippen LogP contribution in [0.4, 0.5) is 13.2 Å². The summed E-state index contributed by atoms with van der Waals surface area (Å²) in [6.45, 7) is 6.02. The van der Waals surface area contributed by atoms with Gasteiger partial charge in [0.15, 0.2) is 5.76 Å². The van der Waals surface area contributed by atoms with Crippen LogP contribution >= 0.6 is 0 Å². The van der Waals surface area contributed by atoms with Gasteiger partial charge in [0, 0.05) is 31.2 Å². The van der Waals surface area contributed by atoms with E-state index in [0.717, 1.165) is 26.5 Å². The third kappa shape index (κ3) is 3.47. The maximum atomic E-state index is 14.4. The predicted octanol–water partition coefficient (Wildman–Crippen LogP) is 4.49. The molecule has 1 aromatic rings. The number of halogens is 3. The number of alkyl halides is 3. The van der Waals surface area contributed by atoms with Gasteiger partial charge in [-0.1, -0.05) is 43.3 Å². The number of piperidine rings is 1.